The van der Waals surface area contributed by atoms with Gasteiger partial charge in [0, 0.05) is 13.1 Å². The predicted molar refractivity (Wildman–Crippen MR) is 31.3 cm³/mol. The smallest absolute Gasteiger partial charge is 1.00 e. The van der Waals surface area contributed by atoms with Crippen molar-refractivity contribution < 1.29 is 67.8 Å². The van der Waals surface area contributed by atoms with Gasteiger partial charge >= 0.3 is 51.4 Å². The number of aliphatic hydroxyl groups excluding tert-OH is 1. The van der Waals surface area contributed by atoms with E-state index < -0.39 is 5.97 Å². The Morgan fingerprint density at radius 2 is 1.80 bits per heavy atom. The van der Waals surface area contributed by atoms with E-state index in [-0.39, 0.29) is 66.0 Å². The Bertz CT molecular complexity index is 74.4. The Labute approximate surface area is 104 Å². The third-order valence-electron chi connectivity index (χ3n) is 0.296. The van der Waals surface area contributed by atoms with Crippen molar-refractivity contribution in [1.29, 1.82) is 0 Å². The van der Waals surface area contributed by atoms with Gasteiger partial charge in [0.2, 0.25) is 0 Å². The van der Waals surface area contributed by atoms with E-state index in [4.69, 9.17) is 20.7 Å². The van der Waals surface area contributed by atoms with Crippen LogP contribution in [0.3, 0.4) is 0 Å². The second kappa shape index (κ2) is 16.5. The second-order valence-electron chi connectivity index (χ2n) is 1.09. The SMILES string of the molecule is NCC(=O)[O-].NCCO.[H-].[K+]. The number of carboxylic acids is 1. The molecule has 0 rings (SSSR count). The van der Waals surface area contributed by atoms with E-state index in [1.807, 2.05) is 0 Å². The van der Waals surface area contributed by atoms with Gasteiger partial charge in [0.15, 0.2) is 0 Å². The number of carbonyl (C=O) groups excluding carboxylic acids is 1. The summed E-state index contributed by atoms with van der Waals surface area (Å²) in [7, 11) is 0. The van der Waals surface area contributed by atoms with Gasteiger partial charge in [-0.3, -0.25) is 0 Å². The van der Waals surface area contributed by atoms with E-state index >= 15 is 0 Å². The number of rotatable bonds is 2. The Morgan fingerprint density at radius 1 is 1.60 bits per heavy atom. The molecule has 0 unspecified atom stereocenters. The zero-order valence-corrected chi connectivity index (χ0v) is 9.16. The number of nitrogens with two attached hydrogens (primary N) is 2. The quantitative estimate of drug-likeness (QED) is 0.361. The molecular formula is C4H12KN2O3-. The van der Waals surface area contributed by atoms with E-state index in [9.17, 15) is 0 Å². The molecule has 5 N–H and O–H groups in total. The standard InChI is InChI=1S/C2H5NO2.C2H7NO.K.H/c3-1-2(4)5;3-1-2-4;;/h1,3H2,(H,4,5);4H,1-3H2;;/q;;+1;-1/p-1. The first-order chi connectivity index (χ1) is 4.18. The summed E-state index contributed by atoms with van der Waals surface area (Å²) >= 11 is 0. The summed E-state index contributed by atoms with van der Waals surface area (Å²) in [6, 6.07) is 0. The van der Waals surface area contributed by atoms with Crippen LogP contribution in [0, 0.1) is 0 Å². The minimum absolute atomic E-state index is 0. The zero-order chi connectivity index (χ0) is 7.70. The van der Waals surface area contributed by atoms with Gasteiger partial charge in [0.05, 0.1) is 12.6 Å². The van der Waals surface area contributed by atoms with Crippen molar-refractivity contribution >= 4 is 5.97 Å². The van der Waals surface area contributed by atoms with Crippen molar-refractivity contribution in [3.8, 4) is 0 Å². The van der Waals surface area contributed by atoms with Gasteiger partial charge < -0.3 is 27.9 Å². The third kappa shape index (κ3) is 36.1. The van der Waals surface area contributed by atoms with Gasteiger partial charge in [-0.25, -0.2) is 0 Å². The summed E-state index contributed by atoms with van der Waals surface area (Å²) in [4.78, 5) is 9.13. The number of carbonyl (C=O) groups is 1. The van der Waals surface area contributed by atoms with Crippen molar-refractivity contribution in [3.63, 3.8) is 0 Å². The first kappa shape index (κ1) is 17.2. The fourth-order valence-electron chi connectivity index (χ4n) is 0. The first-order valence-electron chi connectivity index (χ1n) is 2.39. The molecule has 0 heterocycles. The van der Waals surface area contributed by atoms with Crippen LogP contribution in [0.15, 0.2) is 0 Å². The molecule has 0 amide bonds. The van der Waals surface area contributed by atoms with Crippen molar-refractivity contribution in [2.24, 2.45) is 11.5 Å². The van der Waals surface area contributed by atoms with E-state index in [0.717, 1.165) is 0 Å². The fourth-order valence-corrected chi connectivity index (χ4v) is 0. The molecule has 0 fully saturated rings. The molecule has 0 aromatic rings. The molecule has 0 atom stereocenters. The zero-order valence-electron chi connectivity index (χ0n) is 7.04. The molecule has 0 aromatic heterocycles. The summed E-state index contributed by atoms with van der Waals surface area (Å²) in [5.41, 5.74) is 9.29. The number of hydrogen-bond acceptors (Lipinski definition) is 5. The molecule has 0 aromatic carbocycles. The molecule has 0 aliphatic rings. The molecule has 10 heavy (non-hydrogen) atoms. The van der Waals surface area contributed by atoms with Crippen LogP contribution in [0.1, 0.15) is 1.43 Å². The summed E-state index contributed by atoms with van der Waals surface area (Å²) < 4.78 is 0. The normalized spacial score (nSPS) is 6.70. The van der Waals surface area contributed by atoms with Crippen LogP contribution in [-0.2, 0) is 4.79 Å². The van der Waals surface area contributed by atoms with E-state index in [2.05, 4.69) is 5.73 Å². The predicted octanol–water partition coefficient (Wildman–Crippen LogP) is -6.25. The topological polar surface area (TPSA) is 112 Å². The van der Waals surface area contributed by atoms with Crippen LogP contribution in [0.2, 0.25) is 0 Å². The molecule has 0 radical (unpaired) electrons. The molecule has 58 valence electrons. The van der Waals surface area contributed by atoms with Crippen LogP contribution >= 0.6 is 0 Å². The molecular weight excluding hydrogens is 163 g/mol. The van der Waals surface area contributed by atoms with Crippen LogP contribution in [0.4, 0.5) is 0 Å². The Kier molecular flexibility index (Phi) is 28.4. The molecule has 0 saturated heterocycles. The summed E-state index contributed by atoms with van der Waals surface area (Å²) in [6.45, 7) is 0.0833. The Morgan fingerprint density at radius 3 is 1.80 bits per heavy atom. The van der Waals surface area contributed by atoms with Crippen LogP contribution < -0.4 is 68.0 Å². The number of hydrogen-bond donors (Lipinski definition) is 3. The van der Waals surface area contributed by atoms with Gasteiger partial charge in [-0.15, -0.1) is 0 Å². The minimum Gasteiger partial charge on any atom is -1.00 e. The van der Waals surface area contributed by atoms with Gasteiger partial charge in [0.25, 0.3) is 0 Å². The fraction of sp³-hybridized carbons (Fsp3) is 0.750. The number of aliphatic hydroxyl groups is 1. The molecule has 0 saturated carbocycles. The van der Waals surface area contributed by atoms with Crippen LogP contribution in [-0.4, -0.2) is 30.8 Å². The second-order valence-corrected chi connectivity index (χ2v) is 1.09. The van der Waals surface area contributed by atoms with Crippen LogP contribution in [0.5, 0.6) is 0 Å². The van der Waals surface area contributed by atoms with Gasteiger partial charge in [-0.2, -0.15) is 0 Å². The third-order valence-corrected chi connectivity index (χ3v) is 0.296. The van der Waals surface area contributed by atoms with E-state index in [1.54, 1.807) is 0 Å². The maximum absolute atomic E-state index is 9.13. The van der Waals surface area contributed by atoms with Gasteiger partial charge in [0.1, 0.15) is 0 Å². The van der Waals surface area contributed by atoms with Gasteiger partial charge in [-0.05, 0) is 0 Å². The van der Waals surface area contributed by atoms with Crippen molar-refractivity contribution in [2.45, 2.75) is 0 Å². The molecule has 6 heteroatoms. The van der Waals surface area contributed by atoms with Gasteiger partial charge in [-0.1, -0.05) is 0 Å². The molecule has 0 spiro atoms. The molecule has 5 nitrogen and oxygen atoms in total. The maximum Gasteiger partial charge on any atom is 1.00 e. The van der Waals surface area contributed by atoms with E-state index in [1.165, 1.54) is 0 Å². The van der Waals surface area contributed by atoms with Crippen molar-refractivity contribution in [2.75, 3.05) is 19.7 Å². The molecule has 0 bridgehead atoms. The molecule has 0 aliphatic carbocycles. The average Bonchev–Trinajstić information content (AvgIpc) is 1.89. The Balaban J connectivity index is -0.0000000383. The summed E-state index contributed by atoms with van der Waals surface area (Å²) in [6.07, 6.45) is 0. The molecule has 0 aliphatic heterocycles. The summed E-state index contributed by atoms with van der Waals surface area (Å²) in [5, 5.41) is 16.9. The van der Waals surface area contributed by atoms with Crippen molar-refractivity contribution in [3.05, 3.63) is 0 Å². The largest absolute Gasteiger partial charge is 1.00 e. The number of aliphatic carboxylic acids is 1. The first-order valence-corrected chi connectivity index (χ1v) is 2.39. The van der Waals surface area contributed by atoms with Crippen LogP contribution in [0.25, 0.3) is 0 Å². The van der Waals surface area contributed by atoms with E-state index in [0.29, 0.717) is 6.54 Å². The minimum atomic E-state index is -1.22. The maximum atomic E-state index is 9.13. The number of carboxylic acid groups (broad SMARTS) is 1. The van der Waals surface area contributed by atoms with Crippen molar-refractivity contribution in [1.82, 2.24) is 0 Å². The average molecular weight is 175 g/mol. The monoisotopic (exact) mass is 175 g/mol. The summed E-state index contributed by atoms with van der Waals surface area (Å²) in [5.74, 6) is -1.22. The Hall–Kier alpha value is 0.986.